The third-order valence-electron chi connectivity index (χ3n) is 4.54. The summed E-state index contributed by atoms with van der Waals surface area (Å²) in [7, 11) is 4.10. The van der Waals surface area contributed by atoms with Gasteiger partial charge in [0.25, 0.3) is 5.91 Å². The summed E-state index contributed by atoms with van der Waals surface area (Å²) < 4.78 is 6.65. The summed E-state index contributed by atoms with van der Waals surface area (Å²) in [6.07, 6.45) is 0.877. The molecule has 0 N–H and O–H groups in total. The fourth-order valence-corrected chi connectivity index (χ4v) is 4.98. The van der Waals surface area contributed by atoms with Crippen molar-refractivity contribution in [2.45, 2.75) is 25.2 Å². The zero-order valence-electron chi connectivity index (χ0n) is 18.5. The molecule has 5 nitrogen and oxygen atoms in total. The SMILES string of the molecule is CCOc1ccc2nc(N(CCCN(C)C)C(=O)c3ccccc3SCC)sc2c1.Cl. The number of benzene rings is 2. The molecule has 0 aliphatic heterocycles. The third-order valence-corrected chi connectivity index (χ3v) is 6.54. The van der Waals surface area contributed by atoms with Crippen LogP contribution in [0.3, 0.4) is 0 Å². The van der Waals surface area contributed by atoms with Gasteiger partial charge in [0, 0.05) is 11.4 Å². The van der Waals surface area contributed by atoms with E-state index < -0.39 is 0 Å². The summed E-state index contributed by atoms with van der Waals surface area (Å²) in [6, 6.07) is 13.7. The molecule has 0 radical (unpaired) electrons. The number of halogens is 1. The molecule has 1 heterocycles. The molecule has 0 spiro atoms. The monoisotopic (exact) mass is 479 g/mol. The van der Waals surface area contributed by atoms with Gasteiger partial charge in [-0.1, -0.05) is 30.4 Å². The van der Waals surface area contributed by atoms with E-state index in [2.05, 4.69) is 11.8 Å². The molecule has 1 aromatic heterocycles. The predicted molar refractivity (Wildman–Crippen MR) is 136 cm³/mol. The zero-order chi connectivity index (χ0) is 21.5. The smallest absolute Gasteiger partial charge is 0.261 e. The number of anilines is 1. The first-order valence-electron chi connectivity index (χ1n) is 10.2. The number of thioether (sulfide) groups is 1. The highest BCUT2D eigenvalue weighted by Crippen LogP contribution is 2.33. The predicted octanol–water partition coefficient (Wildman–Crippen LogP) is 5.83. The number of carbonyl (C=O) groups excluding carboxylic acids is 1. The van der Waals surface area contributed by atoms with Gasteiger partial charge < -0.3 is 9.64 Å². The highest BCUT2D eigenvalue weighted by molar-refractivity contribution is 7.99. The lowest BCUT2D eigenvalue weighted by atomic mass is 10.2. The van der Waals surface area contributed by atoms with Crippen LogP contribution in [0.5, 0.6) is 5.75 Å². The highest BCUT2D eigenvalue weighted by Gasteiger charge is 2.23. The van der Waals surface area contributed by atoms with E-state index >= 15 is 0 Å². The van der Waals surface area contributed by atoms with Crippen molar-refractivity contribution in [1.82, 2.24) is 9.88 Å². The van der Waals surface area contributed by atoms with Gasteiger partial charge in [-0.2, -0.15) is 0 Å². The Kier molecular flexibility index (Phi) is 10.1. The van der Waals surface area contributed by atoms with Crippen molar-refractivity contribution in [3.05, 3.63) is 48.0 Å². The largest absolute Gasteiger partial charge is 0.494 e. The molecule has 0 fully saturated rings. The normalized spacial score (nSPS) is 10.9. The molecule has 0 unspecified atom stereocenters. The maximum atomic E-state index is 13.6. The first kappa shape index (κ1) is 25.5. The second kappa shape index (κ2) is 12.3. The Balaban J connectivity index is 0.00000341. The summed E-state index contributed by atoms with van der Waals surface area (Å²) in [5.74, 6) is 1.76. The fraction of sp³-hybridized carbons (Fsp3) is 0.391. The summed E-state index contributed by atoms with van der Waals surface area (Å²) in [5, 5.41) is 0.735. The van der Waals surface area contributed by atoms with Crippen LogP contribution in [0.1, 0.15) is 30.6 Å². The molecule has 3 rings (SSSR count). The van der Waals surface area contributed by atoms with Crippen LogP contribution in [-0.2, 0) is 0 Å². The van der Waals surface area contributed by atoms with Gasteiger partial charge in [0.2, 0.25) is 0 Å². The molecular weight excluding hydrogens is 450 g/mol. The topological polar surface area (TPSA) is 45.7 Å². The highest BCUT2D eigenvalue weighted by atomic mass is 35.5. The molecule has 0 aliphatic carbocycles. The first-order valence-corrected chi connectivity index (χ1v) is 12.1. The van der Waals surface area contributed by atoms with Crippen LogP contribution in [0.15, 0.2) is 47.4 Å². The molecule has 0 bridgehead atoms. The number of nitrogens with zero attached hydrogens (tertiary/aromatic N) is 3. The number of amides is 1. The van der Waals surface area contributed by atoms with Crippen molar-refractivity contribution in [2.24, 2.45) is 0 Å². The molecule has 2 aromatic carbocycles. The molecule has 0 atom stereocenters. The van der Waals surface area contributed by atoms with Crippen LogP contribution in [0.25, 0.3) is 10.2 Å². The van der Waals surface area contributed by atoms with Crippen molar-refractivity contribution in [3.8, 4) is 5.75 Å². The summed E-state index contributed by atoms with van der Waals surface area (Å²) in [5.41, 5.74) is 1.63. The minimum absolute atomic E-state index is 0. The van der Waals surface area contributed by atoms with Gasteiger partial charge in [-0.15, -0.1) is 24.2 Å². The van der Waals surface area contributed by atoms with Crippen LogP contribution >= 0.6 is 35.5 Å². The van der Waals surface area contributed by atoms with E-state index in [4.69, 9.17) is 9.72 Å². The number of carbonyl (C=O) groups is 1. The lowest BCUT2D eigenvalue weighted by molar-refractivity contribution is 0.0983. The number of fused-ring (bicyclic) bond motifs is 1. The second-order valence-electron chi connectivity index (χ2n) is 7.10. The Bertz CT molecular complexity index is 994. The van der Waals surface area contributed by atoms with E-state index in [1.54, 1.807) is 23.1 Å². The lowest BCUT2D eigenvalue weighted by Crippen LogP contribution is -2.33. The summed E-state index contributed by atoms with van der Waals surface area (Å²) in [4.78, 5) is 23.4. The Hall–Kier alpha value is -1.80. The fourth-order valence-electron chi connectivity index (χ4n) is 3.16. The minimum Gasteiger partial charge on any atom is -0.494 e. The number of rotatable bonds is 10. The van der Waals surface area contributed by atoms with Gasteiger partial charge in [0.05, 0.1) is 22.4 Å². The second-order valence-corrected chi connectivity index (χ2v) is 9.42. The third kappa shape index (κ3) is 6.59. The van der Waals surface area contributed by atoms with Gasteiger partial charge in [-0.3, -0.25) is 9.69 Å². The van der Waals surface area contributed by atoms with Gasteiger partial charge in [-0.25, -0.2) is 4.98 Å². The van der Waals surface area contributed by atoms with E-state index in [1.165, 1.54) is 0 Å². The van der Waals surface area contributed by atoms with Crippen molar-refractivity contribution < 1.29 is 9.53 Å². The molecule has 0 saturated carbocycles. The summed E-state index contributed by atoms with van der Waals surface area (Å²) in [6.45, 7) is 6.23. The summed E-state index contributed by atoms with van der Waals surface area (Å²) >= 11 is 3.23. The Labute approximate surface area is 199 Å². The number of hydrogen-bond acceptors (Lipinski definition) is 6. The lowest BCUT2D eigenvalue weighted by Gasteiger charge is -2.22. The molecule has 0 saturated heterocycles. The first-order chi connectivity index (χ1) is 14.5. The van der Waals surface area contributed by atoms with Crippen molar-refractivity contribution in [2.75, 3.05) is 44.4 Å². The van der Waals surface area contributed by atoms with Crippen LogP contribution in [0, 0.1) is 0 Å². The van der Waals surface area contributed by atoms with Crippen LogP contribution in [-0.4, -0.2) is 55.3 Å². The van der Waals surface area contributed by atoms with E-state index in [0.717, 1.165) is 50.3 Å². The van der Waals surface area contributed by atoms with E-state index in [-0.39, 0.29) is 18.3 Å². The minimum atomic E-state index is 0. The number of hydrogen-bond donors (Lipinski definition) is 0. The standard InChI is InChI=1S/C23H29N3O2S2.ClH/c1-5-28-17-12-13-19-21(16-17)30-23(24-19)26(15-9-14-25(3)4)22(27)18-10-7-8-11-20(18)29-6-2;/h7-8,10-13,16H,5-6,9,14-15H2,1-4H3;1H. The number of thiazole rings is 1. The van der Waals surface area contributed by atoms with Gasteiger partial charge in [-0.05, 0) is 70.1 Å². The van der Waals surface area contributed by atoms with Crippen LogP contribution < -0.4 is 9.64 Å². The number of ether oxygens (including phenoxy) is 1. The molecule has 3 aromatic rings. The maximum Gasteiger partial charge on any atom is 0.261 e. The Morgan fingerprint density at radius 3 is 2.61 bits per heavy atom. The quantitative estimate of drug-likeness (QED) is 0.342. The van der Waals surface area contributed by atoms with Gasteiger partial charge in [0.1, 0.15) is 5.75 Å². The molecule has 31 heavy (non-hydrogen) atoms. The molecule has 8 heteroatoms. The maximum absolute atomic E-state index is 13.6. The van der Waals surface area contributed by atoms with Gasteiger partial charge >= 0.3 is 0 Å². The van der Waals surface area contributed by atoms with Crippen LogP contribution in [0.4, 0.5) is 5.13 Å². The molecule has 0 aliphatic rings. The van der Waals surface area contributed by atoms with Crippen LogP contribution in [0.2, 0.25) is 0 Å². The van der Waals surface area contributed by atoms with Crippen molar-refractivity contribution in [3.63, 3.8) is 0 Å². The van der Waals surface area contributed by atoms with E-state index in [9.17, 15) is 4.79 Å². The van der Waals surface area contributed by atoms with Crippen molar-refractivity contribution in [1.29, 1.82) is 0 Å². The Morgan fingerprint density at radius 1 is 1.13 bits per heavy atom. The average molecular weight is 480 g/mol. The van der Waals surface area contributed by atoms with E-state index in [0.29, 0.717) is 13.2 Å². The van der Waals surface area contributed by atoms with Gasteiger partial charge in [0.15, 0.2) is 5.13 Å². The zero-order valence-corrected chi connectivity index (χ0v) is 20.9. The molecule has 1 amide bonds. The Morgan fingerprint density at radius 2 is 1.90 bits per heavy atom. The molecule has 168 valence electrons. The van der Waals surface area contributed by atoms with Crippen molar-refractivity contribution >= 4 is 56.8 Å². The number of aromatic nitrogens is 1. The van der Waals surface area contributed by atoms with E-state index in [1.807, 2.05) is 68.4 Å². The molecular formula is C23H30ClN3O2S2. The average Bonchev–Trinajstić information content (AvgIpc) is 3.14.